The number of nitrogens with one attached hydrogen (secondary N) is 1. The van der Waals surface area contributed by atoms with E-state index < -0.39 is 0 Å². The van der Waals surface area contributed by atoms with Gasteiger partial charge in [0.25, 0.3) is 0 Å². The molecule has 0 aromatic heterocycles. The molecule has 2 aromatic carbocycles. The predicted octanol–water partition coefficient (Wildman–Crippen LogP) is 3.99. The third-order valence-corrected chi connectivity index (χ3v) is 3.53. The highest BCUT2D eigenvalue weighted by molar-refractivity contribution is 7.80. The van der Waals surface area contributed by atoms with Crippen LogP contribution in [0.1, 0.15) is 22.3 Å². The molecule has 0 amide bonds. The Morgan fingerprint density at radius 2 is 1.74 bits per heavy atom. The Labute approximate surface area is 119 Å². The minimum absolute atomic E-state index is 0.412. The summed E-state index contributed by atoms with van der Waals surface area (Å²) in [6.07, 6.45) is 0. The fourth-order valence-electron chi connectivity index (χ4n) is 2.00. The van der Waals surface area contributed by atoms with Crippen LogP contribution in [0.5, 0.6) is 0 Å². The first kappa shape index (κ1) is 13.6. The van der Waals surface area contributed by atoms with Gasteiger partial charge >= 0.3 is 0 Å². The van der Waals surface area contributed by atoms with E-state index in [2.05, 4.69) is 37.4 Å². The van der Waals surface area contributed by atoms with Gasteiger partial charge in [-0.2, -0.15) is 0 Å². The Kier molecular flexibility index (Phi) is 3.86. The summed E-state index contributed by atoms with van der Waals surface area (Å²) in [6, 6.07) is 12.3. The van der Waals surface area contributed by atoms with Gasteiger partial charge < -0.3 is 11.1 Å². The molecule has 19 heavy (non-hydrogen) atoms. The van der Waals surface area contributed by atoms with E-state index in [-0.39, 0.29) is 0 Å². The number of rotatable bonds is 3. The average Bonchev–Trinajstić information content (AvgIpc) is 2.36. The maximum absolute atomic E-state index is 5.78. The number of benzene rings is 2. The van der Waals surface area contributed by atoms with E-state index >= 15 is 0 Å². The zero-order chi connectivity index (χ0) is 14.0. The minimum atomic E-state index is 0.412. The van der Waals surface area contributed by atoms with Crippen LogP contribution in [0, 0.1) is 20.8 Å². The molecular formula is C16H18N2S. The molecule has 0 radical (unpaired) electrons. The molecular weight excluding hydrogens is 252 g/mol. The van der Waals surface area contributed by atoms with Crippen molar-refractivity contribution in [3.05, 3.63) is 58.7 Å². The largest absolute Gasteiger partial charge is 0.389 e. The standard InChI is InChI=1S/C16H18N2S/c1-10-7-8-13(9-12(10)3)18-15-11(2)5-4-6-14(15)16(17)19/h4-9,18H,1-3H3,(H2,17,19). The summed E-state index contributed by atoms with van der Waals surface area (Å²) in [4.78, 5) is 0.412. The van der Waals surface area contributed by atoms with Gasteiger partial charge in [-0.25, -0.2) is 0 Å². The first-order valence-corrected chi connectivity index (χ1v) is 6.63. The van der Waals surface area contributed by atoms with Crippen LogP contribution in [-0.2, 0) is 0 Å². The van der Waals surface area contributed by atoms with Crippen LogP contribution in [0.3, 0.4) is 0 Å². The maximum atomic E-state index is 5.78. The van der Waals surface area contributed by atoms with Crippen LogP contribution < -0.4 is 11.1 Å². The summed E-state index contributed by atoms with van der Waals surface area (Å²) in [5.74, 6) is 0. The van der Waals surface area contributed by atoms with E-state index in [1.807, 2.05) is 25.1 Å². The Morgan fingerprint density at radius 3 is 2.37 bits per heavy atom. The monoisotopic (exact) mass is 270 g/mol. The quantitative estimate of drug-likeness (QED) is 0.828. The van der Waals surface area contributed by atoms with Gasteiger partial charge in [-0.05, 0) is 55.7 Å². The maximum Gasteiger partial charge on any atom is 0.106 e. The van der Waals surface area contributed by atoms with Crippen molar-refractivity contribution >= 4 is 28.6 Å². The van der Waals surface area contributed by atoms with Crippen molar-refractivity contribution in [1.82, 2.24) is 0 Å². The Balaban J connectivity index is 2.42. The van der Waals surface area contributed by atoms with Crippen LogP contribution in [0.15, 0.2) is 36.4 Å². The number of thiocarbonyl (C=S) groups is 1. The average molecular weight is 270 g/mol. The number of nitrogens with two attached hydrogens (primary N) is 1. The Bertz CT molecular complexity index is 633. The molecule has 0 aliphatic carbocycles. The van der Waals surface area contributed by atoms with Gasteiger partial charge in [0.1, 0.15) is 4.99 Å². The molecule has 2 nitrogen and oxygen atoms in total. The van der Waals surface area contributed by atoms with Crippen molar-refractivity contribution in [2.45, 2.75) is 20.8 Å². The lowest BCUT2D eigenvalue weighted by atomic mass is 10.1. The van der Waals surface area contributed by atoms with Gasteiger partial charge in [-0.1, -0.05) is 30.4 Å². The van der Waals surface area contributed by atoms with Crippen molar-refractivity contribution in [3.63, 3.8) is 0 Å². The lowest BCUT2D eigenvalue weighted by Crippen LogP contribution is -2.12. The van der Waals surface area contributed by atoms with E-state index in [1.165, 1.54) is 11.1 Å². The molecule has 2 aromatic rings. The van der Waals surface area contributed by atoms with E-state index in [1.54, 1.807) is 0 Å². The molecule has 0 atom stereocenters. The molecule has 0 unspecified atom stereocenters. The number of hydrogen-bond donors (Lipinski definition) is 2. The zero-order valence-electron chi connectivity index (χ0n) is 11.4. The molecule has 0 saturated carbocycles. The van der Waals surface area contributed by atoms with Crippen molar-refractivity contribution < 1.29 is 0 Å². The molecule has 0 fully saturated rings. The molecule has 2 rings (SSSR count). The molecule has 0 saturated heterocycles. The molecule has 3 N–H and O–H groups in total. The first-order valence-electron chi connectivity index (χ1n) is 6.22. The third-order valence-electron chi connectivity index (χ3n) is 3.31. The Morgan fingerprint density at radius 1 is 1.00 bits per heavy atom. The second-order valence-corrected chi connectivity index (χ2v) is 5.23. The number of aryl methyl sites for hydroxylation is 3. The molecule has 0 heterocycles. The normalized spacial score (nSPS) is 10.3. The van der Waals surface area contributed by atoms with Crippen LogP contribution in [-0.4, -0.2) is 4.99 Å². The van der Waals surface area contributed by atoms with Crippen molar-refractivity contribution in [3.8, 4) is 0 Å². The van der Waals surface area contributed by atoms with Crippen LogP contribution in [0.25, 0.3) is 0 Å². The third kappa shape index (κ3) is 2.93. The highest BCUT2D eigenvalue weighted by Crippen LogP contribution is 2.26. The molecule has 0 aliphatic heterocycles. The summed E-state index contributed by atoms with van der Waals surface area (Å²) in [6.45, 7) is 6.26. The lowest BCUT2D eigenvalue weighted by molar-refractivity contribution is 1.33. The highest BCUT2D eigenvalue weighted by atomic mass is 32.1. The number of anilines is 2. The van der Waals surface area contributed by atoms with Crippen molar-refractivity contribution in [2.75, 3.05) is 5.32 Å². The van der Waals surface area contributed by atoms with E-state index in [4.69, 9.17) is 18.0 Å². The van der Waals surface area contributed by atoms with Crippen LogP contribution in [0.4, 0.5) is 11.4 Å². The molecule has 98 valence electrons. The van der Waals surface area contributed by atoms with Gasteiger partial charge in [-0.3, -0.25) is 0 Å². The molecule has 0 spiro atoms. The highest BCUT2D eigenvalue weighted by Gasteiger charge is 2.08. The predicted molar refractivity (Wildman–Crippen MR) is 86.3 cm³/mol. The van der Waals surface area contributed by atoms with Gasteiger partial charge in [-0.15, -0.1) is 0 Å². The zero-order valence-corrected chi connectivity index (χ0v) is 12.3. The SMILES string of the molecule is Cc1ccc(Nc2c(C)cccc2C(N)=S)cc1C. The second-order valence-electron chi connectivity index (χ2n) is 4.79. The van der Waals surface area contributed by atoms with E-state index in [0.29, 0.717) is 4.99 Å². The van der Waals surface area contributed by atoms with Crippen LogP contribution in [0.2, 0.25) is 0 Å². The number of hydrogen-bond acceptors (Lipinski definition) is 2. The lowest BCUT2D eigenvalue weighted by Gasteiger charge is -2.15. The summed E-state index contributed by atoms with van der Waals surface area (Å²) < 4.78 is 0. The second kappa shape index (κ2) is 5.41. The fraction of sp³-hybridized carbons (Fsp3) is 0.188. The van der Waals surface area contributed by atoms with Gasteiger partial charge in [0.05, 0.1) is 5.69 Å². The van der Waals surface area contributed by atoms with Crippen LogP contribution >= 0.6 is 12.2 Å². The van der Waals surface area contributed by atoms with E-state index in [9.17, 15) is 0 Å². The summed E-state index contributed by atoms with van der Waals surface area (Å²) >= 11 is 5.11. The minimum Gasteiger partial charge on any atom is -0.389 e. The summed E-state index contributed by atoms with van der Waals surface area (Å²) in [5.41, 5.74) is 12.4. The van der Waals surface area contributed by atoms with Gasteiger partial charge in [0, 0.05) is 11.3 Å². The molecule has 0 aliphatic rings. The molecule has 3 heteroatoms. The van der Waals surface area contributed by atoms with E-state index in [0.717, 1.165) is 22.5 Å². The Hall–Kier alpha value is -1.87. The smallest absolute Gasteiger partial charge is 0.106 e. The summed E-state index contributed by atoms with van der Waals surface area (Å²) in [7, 11) is 0. The van der Waals surface area contributed by atoms with Crippen molar-refractivity contribution in [2.24, 2.45) is 5.73 Å². The first-order chi connectivity index (χ1) is 8.99. The van der Waals surface area contributed by atoms with Gasteiger partial charge in [0.15, 0.2) is 0 Å². The van der Waals surface area contributed by atoms with Gasteiger partial charge in [0.2, 0.25) is 0 Å². The number of para-hydroxylation sites is 1. The summed E-state index contributed by atoms with van der Waals surface area (Å²) in [5, 5.41) is 3.42. The molecule has 0 bridgehead atoms. The van der Waals surface area contributed by atoms with Crippen molar-refractivity contribution in [1.29, 1.82) is 0 Å². The topological polar surface area (TPSA) is 38.0 Å². The fourth-order valence-corrected chi connectivity index (χ4v) is 2.17.